The molecule has 0 aliphatic carbocycles. The number of carbonyl (C=O) groups excluding carboxylic acids is 3. The monoisotopic (exact) mass is 372 g/mol. The minimum Gasteiger partial charge on any atom is -0.497 e. The molecule has 0 radical (unpaired) electrons. The number of nitrogens with zero attached hydrogens (tertiary/aromatic N) is 1. The minimum atomic E-state index is -0.805. The van der Waals surface area contributed by atoms with Crippen LogP contribution in [0.25, 0.3) is 0 Å². The number of imidazole rings is 1. The third-order valence-electron chi connectivity index (χ3n) is 4.08. The van der Waals surface area contributed by atoms with E-state index in [0.29, 0.717) is 17.9 Å². The van der Waals surface area contributed by atoms with Crippen LogP contribution < -0.4 is 15.4 Å². The molecule has 0 fully saturated rings. The van der Waals surface area contributed by atoms with Crippen LogP contribution in [0.1, 0.15) is 25.1 Å². The van der Waals surface area contributed by atoms with Crippen molar-refractivity contribution in [1.82, 2.24) is 20.6 Å². The van der Waals surface area contributed by atoms with Crippen LogP contribution in [0.2, 0.25) is 0 Å². The summed E-state index contributed by atoms with van der Waals surface area (Å²) in [5.74, 6) is -0.201. The van der Waals surface area contributed by atoms with E-state index in [1.54, 1.807) is 25.4 Å². The molecular weight excluding hydrogens is 348 g/mol. The summed E-state index contributed by atoms with van der Waals surface area (Å²) < 4.78 is 5.12. The number of H-pyrrole nitrogens is 1. The van der Waals surface area contributed by atoms with Crippen molar-refractivity contribution in [2.45, 2.75) is 38.8 Å². The zero-order valence-corrected chi connectivity index (χ0v) is 15.6. The van der Waals surface area contributed by atoms with Gasteiger partial charge in [0.15, 0.2) is 5.78 Å². The van der Waals surface area contributed by atoms with Crippen molar-refractivity contribution in [1.29, 1.82) is 0 Å². The van der Waals surface area contributed by atoms with Gasteiger partial charge >= 0.3 is 0 Å². The number of methoxy groups -OCH3 is 1. The Morgan fingerprint density at radius 2 is 1.78 bits per heavy atom. The normalized spacial score (nSPS) is 12.7. The molecule has 1 aromatic heterocycles. The van der Waals surface area contributed by atoms with E-state index in [4.69, 9.17) is 4.74 Å². The van der Waals surface area contributed by atoms with E-state index in [0.717, 1.165) is 5.56 Å². The largest absolute Gasteiger partial charge is 0.497 e. The molecule has 8 heteroatoms. The van der Waals surface area contributed by atoms with Crippen LogP contribution in [0.15, 0.2) is 36.8 Å². The Hall–Kier alpha value is -3.16. The highest BCUT2D eigenvalue weighted by Crippen LogP contribution is 2.13. The molecule has 0 bridgehead atoms. The summed E-state index contributed by atoms with van der Waals surface area (Å²) >= 11 is 0. The van der Waals surface area contributed by atoms with Gasteiger partial charge in [0.25, 0.3) is 0 Å². The van der Waals surface area contributed by atoms with Gasteiger partial charge in [-0.1, -0.05) is 12.1 Å². The van der Waals surface area contributed by atoms with Gasteiger partial charge in [-0.25, -0.2) is 4.98 Å². The number of aromatic nitrogens is 2. The van der Waals surface area contributed by atoms with Crippen LogP contribution in [0.5, 0.6) is 5.75 Å². The Kier molecular flexibility index (Phi) is 7.10. The average molecular weight is 372 g/mol. The number of ketones is 1. The summed E-state index contributed by atoms with van der Waals surface area (Å²) in [5.41, 5.74) is 1.60. The molecule has 8 nitrogen and oxygen atoms in total. The van der Waals surface area contributed by atoms with Crippen molar-refractivity contribution in [3.8, 4) is 5.75 Å². The maximum atomic E-state index is 12.7. The molecule has 3 N–H and O–H groups in total. The van der Waals surface area contributed by atoms with Crippen molar-refractivity contribution in [2.75, 3.05) is 7.11 Å². The molecule has 144 valence electrons. The number of rotatable bonds is 9. The van der Waals surface area contributed by atoms with E-state index < -0.39 is 18.0 Å². The van der Waals surface area contributed by atoms with E-state index >= 15 is 0 Å². The van der Waals surface area contributed by atoms with E-state index in [9.17, 15) is 14.4 Å². The summed E-state index contributed by atoms with van der Waals surface area (Å²) in [6, 6.07) is 5.79. The van der Waals surface area contributed by atoms with Gasteiger partial charge in [-0.15, -0.1) is 0 Å². The zero-order chi connectivity index (χ0) is 19.8. The van der Waals surface area contributed by atoms with Gasteiger partial charge in [0.05, 0.1) is 19.5 Å². The van der Waals surface area contributed by atoms with Gasteiger partial charge in [0.1, 0.15) is 11.8 Å². The number of carbonyl (C=O) groups is 3. The van der Waals surface area contributed by atoms with Crippen LogP contribution >= 0.6 is 0 Å². The van der Waals surface area contributed by atoms with Crippen LogP contribution in [0.4, 0.5) is 0 Å². The maximum absolute atomic E-state index is 12.7. The van der Waals surface area contributed by atoms with Crippen molar-refractivity contribution < 1.29 is 19.1 Å². The van der Waals surface area contributed by atoms with Gasteiger partial charge in [-0.05, 0) is 31.0 Å². The Bertz CT molecular complexity index is 772. The lowest BCUT2D eigenvalue weighted by atomic mass is 10.0. The number of amides is 2. The number of ether oxygens (including phenoxy) is 1. The van der Waals surface area contributed by atoms with Gasteiger partial charge in [0.2, 0.25) is 11.8 Å². The number of nitrogens with one attached hydrogen (secondary N) is 3. The Morgan fingerprint density at radius 3 is 2.30 bits per heavy atom. The number of hydrogen-bond acceptors (Lipinski definition) is 5. The second-order valence-electron chi connectivity index (χ2n) is 6.26. The first kappa shape index (κ1) is 20.2. The number of benzene rings is 1. The van der Waals surface area contributed by atoms with Gasteiger partial charge in [-0.3, -0.25) is 14.4 Å². The van der Waals surface area contributed by atoms with E-state index in [1.165, 1.54) is 20.2 Å². The first-order valence-electron chi connectivity index (χ1n) is 8.57. The lowest BCUT2D eigenvalue weighted by Crippen LogP contribution is -2.52. The fourth-order valence-corrected chi connectivity index (χ4v) is 2.64. The fourth-order valence-electron chi connectivity index (χ4n) is 2.64. The number of Topliss-reactive ketones (excluding diaryl/α,β-unsaturated/α-hetero) is 1. The Balaban J connectivity index is 2.07. The highest BCUT2D eigenvalue weighted by Gasteiger charge is 2.25. The molecular formula is C19H24N4O4. The van der Waals surface area contributed by atoms with Crippen molar-refractivity contribution in [3.05, 3.63) is 48.0 Å². The quantitative estimate of drug-likeness (QED) is 0.602. The molecule has 0 saturated carbocycles. The number of hydrogen-bond donors (Lipinski definition) is 3. The third-order valence-corrected chi connectivity index (χ3v) is 4.08. The molecule has 0 aliphatic heterocycles. The molecule has 2 rings (SSSR count). The van der Waals surface area contributed by atoms with Crippen molar-refractivity contribution in [2.24, 2.45) is 0 Å². The molecule has 27 heavy (non-hydrogen) atoms. The Morgan fingerprint density at radius 1 is 1.07 bits per heavy atom. The molecule has 0 spiro atoms. The lowest BCUT2D eigenvalue weighted by Gasteiger charge is -2.21. The van der Waals surface area contributed by atoms with Gasteiger partial charge < -0.3 is 20.4 Å². The minimum absolute atomic E-state index is 0.165. The zero-order valence-electron chi connectivity index (χ0n) is 15.6. The topological polar surface area (TPSA) is 113 Å². The van der Waals surface area contributed by atoms with Crippen molar-refractivity contribution >= 4 is 17.6 Å². The van der Waals surface area contributed by atoms with Gasteiger partial charge in [-0.2, -0.15) is 0 Å². The second-order valence-corrected chi connectivity index (χ2v) is 6.26. The van der Waals surface area contributed by atoms with Crippen molar-refractivity contribution in [3.63, 3.8) is 0 Å². The molecule has 0 saturated heterocycles. The molecule has 0 unspecified atom stereocenters. The summed E-state index contributed by atoms with van der Waals surface area (Å²) in [6.45, 7) is 2.77. The van der Waals surface area contributed by atoms with Crippen LogP contribution in [-0.2, 0) is 27.2 Å². The fraction of sp³-hybridized carbons (Fsp3) is 0.368. The smallest absolute Gasteiger partial charge is 0.243 e. The predicted octanol–water partition coefficient (Wildman–Crippen LogP) is 0.782. The number of aromatic amines is 1. The highest BCUT2D eigenvalue weighted by molar-refractivity contribution is 5.92. The molecule has 0 aliphatic rings. The van der Waals surface area contributed by atoms with E-state index in [1.807, 2.05) is 12.1 Å². The highest BCUT2D eigenvalue weighted by atomic mass is 16.5. The second kappa shape index (κ2) is 9.51. The van der Waals surface area contributed by atoms with Crippen LogP contribution in [0, 0.1) is 0 Å². The average Bonchev–Trinajstić information content (AvgIpc) is 3.13. The lowest BCUT2D eigenvalue weighted by molar-refractivity contribution is -0.130. The maximum Gasteiger partial charge on any atom is 0.243 e. The first-order valence-corrected chi connectivity index (χ1v) is 8.57. The summed E-state index contributed by atoms with van der Waals surface area (Å²) in [7, 11) is 1.58. The molecule has 1 aromatic carbocycles. The molecule has 1 heterocycles. The summed E-state index contributed by atoms with van der Waals surface area (Å²) in [5, 5.41) is 5.36. The first-order chi connectivity index (χ1) is 12.9. The van der Waals surface area contributed by atoms with Gasteiger partial charge in [0, 0.05) is 25.2 Å². The Labute approximate surface area is 157 Å². The van der Waals surface area contributed by atoms with E-state index in [2.05, 4.69) is 20.6 Å². The molecule has 2 aromatic rings. The van der Waals surface area contributed by atoms with E-state index in [-0.39, 0.29) is 18.1 Å². The third kappa shape index (κ3) is 6.25. The summed E-state index contributed by atoms with van der Waals surface area (Å²) in [4.78, 5) is 43.0. The van der Waals surface area contributed by atoms with Crippen LogP contribution in [0.3, 0.4) is 0 Å². The SMILES string of the molecule is COc1ccc(C[C@H](NC(=O)[C@H](Cc2cnc[nH]2)NC(C)=O)C(C)=O)cc1. The summed E-state index contributed by atoms with van der Waals surface area (Å²) in [6.07, 6.45) is 3.68. The molecule has 2 amide bonds. The molecule has 2 atom stereocenters. The standard InChI is InChI=1S/C19H24N4O4/c1-12(24)17(8-14-4-6-16(27-3)7-5-14)23-19(26)18(22-13(2)25)9-15-10-20-11-21-15/h4-7,10-11,17-18H,8-9H2,1-3H3,(H,20,21)(H,22,25)(H,23,26)/t17-,18-/m0/s1. The van der Waals surface area contributed by atoms with Crippen LogP contribution in [-0.4, -0.2) is 46.8 Å². The predicted molar refractivity (Wildman–Crippen MR) is 99.2 cm³/mol.